The lowest BCUT2D eigenvalue weighted by molar-refractivity contribution is 0.104. The Hall–Kier alpha value is -3.21. The minimum absolute atomic E-state index is 0.0998. The molecule has 0 atom stereocenters. The highest BCUT2D eigenvalue weighted by Crippen LogP contribution is 2.40. The van der Waals surface area contributed by atoms with Gasteiger partial charge in [0.1, 0.15) is 17.1 Å². The molecule has 2 N–H and O–H groups in total. The number of carbonyl (C=O) groups is 1. The number of hydrogen-bond donors (Lipinski definition) is 2. The fraction of sp³-hybridized carbons (Fsp3) is 0.190. The number of ether oxygens (including phenoxy) is 2. The van der Waals surface area contributed by atoms with Crippen LogP contribution in [0.15, 0.2) is 42.5 Å². The van der Waals surface area contributed by atoms with Gasteiger partial charge in [0.25, 0.3) is 0 Å². The van der Waals surface area contributed by atoms with E-state index in [1.165, 1.54) is 18.2 Å². The number of aromatic hydroxyl groups is 2. The van der Waals surface area contributed by atoms with Crippen molar-refractivity contribution < 1.29 is 24.5 Å². The van der Waals surface area contributed by atoms with E-state index < -0.39 is 5.60 Å². The number of allylic oxidation sites excluding steroid dienone is 1. The van der Waals surface area contributed by atoms with Gasteiger partial charge < -0.3 is 19.7 Å². The molecule has 0 aromatic heterocycles. The van der Waals surface area contributed by atoms with Gasteiger partial charge in [-0.15, -0.1) is 0 Å². The highest BCUT2D eigenvalue weighted by atomic mass is 16.5. The Labute approximate surface area is 151 Å². The molecule has 0 aliphatic carbocycles. The predicted molar refractivity (Wildman–Crippen MR) is 99.9 cm³/mol. The van der Waals surface area contributed by atoms with E-state index in [1.54, 1.807) is 19.3 Å². The number of ketones is 1. The van der Waals surface area contributed by atoms with Crippen molar-refractivity contribution in [1.29, 1.82) is 0 Å². The number of carbonyl (C=O) groups excluding carboxylic acids is 1. The average Bonchev–Trinajstić information content (AvgIpc) is 2.58. The molecule has 0 amide bonds. The SMILES string of the molecule is COc1cc(C=CC(=O)c2ccc(O)cc2O)cc2c1OC(C)(C)C=C2. The molecule has 5 heteroatoms. The second kappa shape index (κ2) is 6.59. The van der Waals surface area contributed by atoms with Gasteiger partial charge in [-0.25, -0.2) is 0 Å². The molecule has 134 valence electrons. The normalized spacial score (nSPS) is 14.7. The van der Waals surface area contributed by atoms with Crippen LogP contribution in [0.1, 0.15) is 35.3 Å². The van der Waals surface area contributed by atoms with Gasteiger partial charge in [-0.3, -0.25) is 4.79 Å². The summed E-state index contributed by atoms with van der Waals surface area (Å²) in [5.74, 6) is 0.518. The number of hydrogen-bond acceptors (Lipinski definition) is 5. The molecule has 26 heavy (non-hydrogen) atoms. The Morgan fingerprint density at radius 1 is 1.19 bits per heavy atom. The van der Waals surface area contributed by atoms with Gasteiger partial charge in [-0.1, -0.05) is 12.2 Å². The molecule has 1 aliphatic rings. The maximum atomic E-state index is 12.3. The maximum absolute atomic E-state index is 12.3. The van der Waals surface area contributed by atoms with Crippen LogP contribution in [-0.4, -0.2) is 28.7 Å². The average molecular weight is 352 g/mol. The first-order valence-corrected chi connectivity index (χ1v) is 8.14. The van der Waals surface area contributed by atoms with E-state index in [0.29, 0.717) is 11.5 Å². The molecule has 0 saturated carbocycles. The summed E-state index contributed by atoms with van der Waals surface area (Å²) in [6, 6.07) is 7.54. The van der Waals surface area contributed by atoms with Crippen LogP contribution in [0, 0.1) is 0 Å². The standard InChI is InChI=1S/C21H20O5/c1-21(2)9-8-14-10-13(11-19(25-3)20(14)26-21)4-7-17(23)16-6-5-15(22)12-18(16)24/h4-12,22,24H,1-3H3. The minimum Gasteiger partial charge on any atom is -0.508 e. The van der Waals surface area contributed by atoms with Crippen LogP contribution in [0.5, 0.6) is 23.0 Å². The van der Waals surface area contributed by atoms with Crippen molar-refractivity contribution in [1.82, 2.24) is 0 Å². The van der Waals surface area contributed by atoms with Crippen molar-refractivity contribution in [3.8, 4) is 23.0 Å². The zero-order valence-corrected chi connectivity index (χ0v) is 14.8. The fourth-order valence-corrected chi connectivity index (χ4v) is 2.70. The van der Waals surface area contributed by atoms with E-state index in [2.05, 4.69) is 0 Å². The first-order chi connectivity index (χ1) is 12.3. The molecule has 0 spiro atoms. The van der Waals surface area contributed by atoms with Crippen LogP contribution in [0.4, 0.5) is 0 Å². The molecule has 1 heterocycles. The molecule has 0 unspecified atom stereocenters. The monoisotopic (exact) mass is 352 g/mol. The number of rotatable bonds is 4. The van der Waals surface area contributed by atoms with Gasteiger partial charge in [-0.2, -0.15) is 0 Å². The van der Waals surface area contributed by atoms with Gasteiger partial charge in [-0.05, 0) is 55.8 Å². The smallest absolute Gasteiger partial charge is 0.189 e. The van der Waals surface area contributed by atoms with E-state index in [9.17, 15) is 15.0 Å². The predicted octanol–water partition coefficient (Wildman–Crippen LogP) is 4.19. The maximum Gasteiger partial charge on any atom is 0.189 e. The van der Waals surface area contributed by atoms with Crippen LogP contribution >= 0.6 is 0 Å². The topological polar surface area (TPSA) is 76.0 Å². The van der Waals surface area contributed by atoms with Crippen molar-refractivity contribution in [3.63, 3.8) is 0 Å². The van der Waals surface area contributed by atoms with Crippen LogP contribution in [0.3, 0.4) is 0 Å². The Kier molecular flexibility index (Phi) is 4.47. The van der Waals surface area contributed by atoms with Crippen molar-refractivity contribution >= 4 is 17.9 Å². The summed E-state index contributed by atoms with van der Waals surface area (Å²) >= 11 is 0. The summed E-state index contributed by atoms with van der Waals surface area (Å²) < 4.78 is 11.4. The molecule has 5 nitrogen and oxygen atoms in total. The Morgan fingerprint density at radius 2 is 1.96 bits per heavy atom. The van der Waals surface area contributed by atoms with Crippen LogP contribution < -0.4 is 9.47 Å². The number of phenols is 2. The molecule has 2 aromatic carbocycles. The van der Waals surface area contributed by atoms with E-state index >= 15 is 0 Å². The number of phenolic OH excluding ortho intramolecular Hbond substituents is 2. The minimum atomic E-state index is -0.413. The van der Waals surface area contributed by atoms with E-state index in [-0.39, 0.29) is 22.8 Å². The van der Waals surface area contributed by atoms with E-state index in [1.807, 2.05) is 32.1 Å². The van der Waals surface area contributed by atoms with Crippen LogP contribution in [0.2, 0.25) is 0 Å². The lowest BCUT2D eigenvalue weighted by Crippen LogP contribution is -2.27. The molecular formula is C21H20O5. The molecule has 0 saturated heterocycles. The first-order valence-electron chi connectivity index (χ1n) is 8.14. The van der Waals surface area contributed by atoms with Crippen molar-refractivity contribution in [2.45, 2.75) is 19.4 Å². The van der Waals surface area contributed by atoms with Crippen molar-refractivity contribution in [2.75, 3.05) is 7.11 Å². The van der Waals surface area contributed by atoms with Crippen LogP contribution in [-0.2, 0) is 0 Å². The highest BCUT2D eigenvalue weighted by Gasteiger charge is 2.24. The largest absolute Gasteiger partial charge is 0.508 e. The van der Waals surface area contributed by atoms with Gasteiger partial charge in [0, 0.05) is 11.6 Å². The van der Waals surface area contributed by atoms with Gasteiger partial charge in [0.15, 0.2) is 17.3 Å². The van der Waals surface area contributed by atoms with E-state index in [0.717, 1.165) is 17.2 Å². The number of benzene rings is 2. The molecule has 0 fully saturated rings. The molecule has 0 radical (unpaired) electrons. The van der Waals surface area contributed by atoms with Crippen LogP contribution in [0.25, 0.3) is 12.2 Å². The molecule has 2 aromatic rings. The third-order valence-electron chi connectivity index (χ3n) is 4.03. The Bertz CT molecular complexity index is 922. The second-order valence-electron chi connectivity index (χ2n) is 6.58. The summed E-state index contributed by atoms with van der Waals surface area (Å²) in [7, 11) is 1.57. The molecule has 0 bridgehead atoms. The quantitative estimate of drug-likeness (QED) is 0.637. The summed E-state index contributed by atoms with van der Waals surface area (Å²) in [4.78, 5) is 12.3. The summed E-state index contributed by atoms with van der Waals surface area (Å²) in [6.45, 7) is 3.92. The summed E-state index contributed by atoms with van der Waals surface area (Å²) in [5, 5.41) is 19.1. The lowest BCUT2D eigenvalue weighted by Gasteiger charge is -2.29. The summed E-state index contributed by atoms with van der Waals surface area (Å²) in [6.07, 6.45) is 6.93. The van der Waals surface area contributed by atoms with Crippen molar-refractivity contribution in [3.05, 3.63) is 59.2 Å². The number of methoxy groups -OCH3 is 1. The molecule has 1 aliphatic heterocycles. The number of fused-ring (bicyclic) bond motifs is 1. The zero-order valence-electron chi connectivity index (χ0n) is 14.8. The highest BCUT2D eigenvalue weighted by molar-refractivity contribution is 6.08. The second-order valence-corrected chi connectivity index (χ2v) is 6.58. The lowest BCUT2D eigenvalue weighted by atomic mass is 9.99. The third-order valence-corrected chi connectivity index (χ3v) is 4.03. The van der Waals surface area contributed by atoms with E-state index in [4.69, 9.17) is 9.47 Å². The van der Waals surface area contributed by atoms with Gasteiger partial charge in [0.2, 0.25) is 0 Å². The third kappa shape index (κ3) is 3.57. The Balaban J connectivity index is 1.91. The van der Waals surface area contributed by atoms with Crippen molar-refractivity contribution in [2.24, 2.45) is 0 Å². The Morgan fingerprint density at radius 3 is 2.65 bits per heavy atom. The van der Waals surface area contributed by atoms with Gasteiger partial charge in [0.05, 0.1) is 12.7 Å². The first kappa shape index (κ1) is 17.6. The summed E-state index contributed by atoms with van der Waals surface area (Å²) in [5.41, 5.74) is 1.33. The molecule has 3 rings (SSSR count). The zero-order chi connectivity index (χ0) is 18.9. The fourth-order valence-electron chi connectivity index (χ4n) is 2.70. The molecular weight excluding hydrogens is 332 g/mol. The van der Waals surface area contributed by atoms with Gasteiger partial charge >= 0.3 is 0 Å².